The molecular weight excluding hydrogens is 314 g/mol. The van der Waals surface area contributed by atoms with E-state index in [9.17, 15) is 4.79 Å². The van der Waals surface area contributed by atoms with Crippen LogP contribution < -0.4 is 11.1 Å². The lowest BCUT2D eigenvalue weighted by Gasteiger charge is -2.49. The Morgan fingerprint density at radius 3 is 2.68 bits per heavy atom. The third kappa shape index (κ3) is 2.72. The Morgan fingerprint density at radius 2 is 2.04 bits per heavy atom. The van der Waals surface area contributed by atoms with Crippen molar-refractivity contribution in [1.29, 1.82) is 0 Å². The van der Waals surface area contributed by atoms with Crippen LogP contribution in [0.5, 0.6) is 0 Å². The fourth-order valence-corrected chi connectivity index (χ4v) is 4.64. The molecule has 0 spiro atoms. The van der Waals surface area contributed by atoms with Gasteiger partial charge >= 0.3 is 0 Å². The topological polar surface area (TPSA) is 71.5 Å². The summed E-state index contributed by atoms with van der Waals surface area (Å²) in [6, 6.07) is 10.4. The zero-order chi connectivity index (χ0) is 17.6. The first kappa shape index (κ1) is 16.2. The highest BCUT2D eigenvalue weighted by atomic mass is 16.4. The molecular formula is C20H25N3O2. The Morgan fingerprint density at radius 1 is 1.28 bits per heavy atom. The number of nitrogens with two attached hydrogens (primary N) is 1. The SMILES string of the molecule is CNc1cccc(-c2cc([C@H]3C4CCN(CC4)[C@H]3C)c(C(N)=O)o2)c1. The minimum absolute atomic E-state index is 0.315. The highest BCUT2D eigenvalue weighted by Gasteiger charge is 2.42. The second kappa shape index (κ2) is 6.23. The van der Waals surface area contributed by atoms with Crippen molar-refractivity contribution in [3.8, 4) is 11.3 Å². The molecule has 0 unspecified atom stereocenters. The number of carbonyl (C=O) groups is 1. The van der Waals surface area contributed by atoms with Crippen LogP contribution in [0.15, 0.2) is 34.7 Å². The molecule has 3 aliphatic rings. The molecule has 3 fully saturated rings. The first-order valence-electron chi connectivity index (χ1n) is 9.04. The van der Waals surface area contributed by atoms with E-state index in [0.717, 1.165) is 29.9 Å². The smallest absolute Gasteiger partial charge is 0.284 e. The van der Waals surface area contributed by atoms with Gasteiger partial charge in [0.25, 0.3) is 5.91 Å². The van der Waals surface area contributed by atoms with Crippen molar-refractivity contribution in [2.24, 2.45) is 11.7 Å². The fraction of sp³-hybridized carbons (Fsp3) is 0.450. The van der Waals surface area contributed by atoms with E-state index in [0.29, 0.717) is 29.4 Å². The van der Waals surface area contributed by atoms with E-state index in [2.05, 4.69) is 17.1 Å². The predicted molar refractivity (Wildman–Crippen MR) is 98.7 cm³/mol. The van der Waals surface area contributed by atoms with Crippen LogP contribution in [0.3, 0.4) is 0 Å². The summed E-state index contributed by atoms with van der Waals surface area (Å²) in [6.45, 7) is 4.57. The lowest BCUT2D eigenvalue weighted by Crippen LogP contribution is -2.52. The van der Waals surface area contributed by atoms with E-state index in [1.807, 2.05) is 37.4 Å². The number of primary amides is 1. The quantitative estimate of drug-likeness (QED) is 0.897. The third-order valence-electron chi connectivity index (χ3n) is 5.96. The number of benzene rings is 1. The molecule has 0 aliphatic carbocycles. The van der Waals surface area contributed by atoms with E-state index < -0.39 is 5.91 Å². The van der Waals surface area contributed by atoms with Crippen LogP contribution in [0.4, 0.5) is 5.69 Å². The Kier molecular flexibility index (Phi) is 4.04. The molecule has 5 rings (SSSR count). The lowest BCUT2D eigenvalue weighted by atomic mass is 9.71. The van der Waals surface area contributed by atoms with Crippen molar-refractivity contribution in [1.82, 2.24) is 4.90 Å². The van der Waals surface area contributed by atoms with Crippen LogP contribution in [-0.4, -0.2) is 37.0 Å². The van der Waals surface area contributed by atoms with Gasteiger partial charge in [0, 0.05) is 35.8 Å². The summed E-state index contributed by atoms with van der Waals surface area (Å²) in [5.41, 5.74) is 8.60. The number of hydrogen-bond donors (Lipinski definition) is 2. The Balaban J connectivity index is 1.77. The van der Waals surface area contributed by atoms with Crippen LogP contribution >= 0.6 is 0 Å². The molecule has 3 aliphatic heterocycles. The second-order valence-corrected chi connectivity index (χ2v) is 7.23. The van der Waals surface area contributed by atoms with Crippen molar-refractivity contribution in [2.45, 2.75) is 31.7 Å². The van der Waals surface area contributed by atoms with Gasteiger partial charge in [-0.3, -0.25) is 4.79 Å². The average molecular weight is 339 g/mol. The molecule has 1 amide bonds. The largest absolute Gasteiger partial charge is 0.451 e. The fourth-order valence-electron chi connectivity index (χ4n) is 4.64. The molecule has 4 heterocycles. The van der Waals surface area contributed by atoms with Gasteiger partial charge in [0.05, 0.1) is 0 Å². The monoisotopic (exact) mass is 339 g/mol. The maximum atomic E-state index is 12.0. The first-order valence-corrected chi connectivity index (χ1v) is 9.04. The third-order valence-corrected chi connectivity index (χ3v) is 5.96. The molecule has 0 saturated carbocycles. The van der Waals surface area contributed by atoms with Gasteiger partial charge in [-0.1, -0.05) is 12.1 Å². The van der Waals surface area contributed by atoms with Gasteiger partial charge in [-0.05, 0) is 57.0 Å². The highest BCUT2D eigenvalue weighted by molar-refractivity contribution is 5.92. The number of carbonyl (C=O) groups excluding carboxylic acids is 1. The number of furan rings is 1. The molecule has 2 atom stereocenters. The Bertz CT molecular complexity index is 788. The van der Waals surface area contributed by atoms with Gasteiger partial charge < -0.3 is 20.4 Å². The predicted octanol–water partition coefficient (Wildman–Crippen LogP) is 3.28. The van der Waals surface area contributed by atoms with Gasteiger partial charge in [-0.25, -0.2) is 0 Å². The minimum atomic E-state index is -0.477. The zero-order valence-electron chi connectivity index (χ0n) is 14.8. The average Bonchev–Trinajstić information content (AvgIpc) is 3.08. The van der Waals surface area contributed by atoms with Crippen molar-refractivity contribution in [2.75, 3.05) is 25.5 Å². The van der Waals surface area contributed by atoms with E-state index in [-0.39, 0.29) is 0 Å². The maximum Gasteiger partial charge on any atom is 0.284 e. The van der Waals surface area contributed by atoms with Crippen molar-refractivity contribution >= 4 is 11.6 Å². The molecule has 2 bridgehead atoms. The molecule has 25 heavy (non-hydrogen) atoms. The van der Waals surface area contributed by atoms with Crippen LogP contribution in [0.25, 0.3) is 11.3 Å². The Hall–Kier alpha value is -2.27. The summed E-state index contributed by atoms with van der Waals surface area (Å²) >= 11 is 0. The van der Waals surface area contributed by atoms with Crippen LogP contribution in [0.1, 0.15) is 41.8 Å². The van der Waals surface area contributed by atoms with Crippen LogP contribution in [0.2, 0.25) is 0 Å². The van der Waals surface area contributed by atoms with E-state index in [1.54, 1.807) is 0 Å². The number of piperidine rings is 3. The Labute approximate surface area is 148 Å². The molecule has 0 radical (unpaired) electrons. The molecule has 3 N–H and O–H groups in total. The summed E-state index contributed by atoms with van der Waals surface area (Å²) < 4.78 is 5.95. The van der Waals surface area contributed by atoms with E-state index >= 15 is 0 Å². The van der Waals surface area contributed by atoms with Crippen LogP contribution in [-0.2, 0) is 0 Å². The number of rotatable bonds is 4. The lowest BCUT2D eigenvalue weighted by molar-refractivity contribution is 0.0343. The van der Waals surface area contributed by atoms with Gasteiger partial charge in [0.1, 0.15) is 5.76 Å². The van der Waals surface area contributed by atoms with Gasteiger partial charge in [0.2, 0.25) is 0 Å². The minimum Gasteiger partial charge on any atom is -0.451 e. The highest BCUT2D eigenvalue weighted by Crippen LogP contribution is 2.45. The summed E-state index contributed by atoms with van der Waals surface area (Å²) in [5, 5.41) is 3.13. The number of nitrogens with zero attached hydrogens (tertiary/aromatic N) is 1. The van der Waals surface area contributed by atoms with E-state index in [1.165, 1.54) is 12.8 Å². The van der Waals surface area contributed by atoms with E-state index in [4.69, 9.17) is 10.2 Å². The number of hydrogen-bond acceptors (Lipinski definition) is 4. The molecule has 132 valence electrons. The second-order valence-electron chi connectivity index (χ2n) is 7.23. The molecule has 5 heteroatoms. The molecule has 5 nitrogen and oxygen atoms in total. The summed E-state index contributed by atoms with van der Waals surface area (Å²) in [7, 11) is 1.89. The van der Waals surface area contributed by atoms with Gasteiger partial charge in [-0.2, -0.15) is 0 Å². The number of amides is 1. The van der Waals surface area contributed by atoms with Crippen molar-refractivity contribution in [3.05, 3.63) is 41.7 Å². The number of nitrogens with one attached hydrogen (secondary N) is 1. The standard InChI is InChI=1S/C20H25N3O2/c1-12-18(13-6-8-23(12)9-7-13)16-11-17(25-19(16)20(21)24)14-4-3-5-15(10-14)22-2/h3-5,10-13,18,22H,6-9H2,1-2H3,(H2,21,24)/t12-,18+/m0/s1. The van der Waals surface area contributed by atoms with Gasteiger partial charge in [0.15, 0.2) is 5.76 Å². The summed E-state index contributed by atoms with van der Waals surface area (Å²) in [5.74, 6) is 1.48. The van der Waals surface area contributed by atoms with Crippen molar-refractivity contribution in [3.63, 3.8) is 0 Å². The molecule has 3 saturated heterocycles. The maximum absolute atomic E-state index is 12.0. The summed E-state index contributed by atoms with van der Waals surface area (Å²) in [6.07, 6.45) is 2.37. The number of fused-ring (bicyclic) bond motifs is 3. The normalized spacial score (nSPS) is 28.1. The summed E-state index contributed by atoms with van der Waals surface area (Å²) in [4.78, 5) is 14.6. The zero-order valence-corrected chi connectivity index (χ0v) is 14.8. The van der Waals surface area contributed by atoms with Crippen LogP contribution in [0, 0.1) is 5.92 Å². The molecule has 2 aromatic rings. The van der Waals surface area contributed by atoms with Crippen molar-refractivity contribution < 1.29 is 9.21 Å². The number of anilines is 1. The molecule has 1 aromatic carbocycles. The molecule has 1 aromatic heterocycles. The van der Waals surface area contributed by atoms with Gasteiger partial charge in [-0.15, -0.1) is 0 Å². The first-order chi connectivity index (χ1) is 12.1.